The van der Waals surface area contributed by atoms with Crippen LogP contribution in [-0.4, -0.2) is 24.7 Å². The Bertz CT molecular complexity index is 1010. The van der Waals surface area contributed by atoms with Gasteiger partial charge in [-0.2, -0.15) is 5.10 Å². The van der Waals surface area contributed by atoms with Crippen LogP contribution in [0, 0.1) is 12.3 Å². The summed E-state index contributed by atoms with van der Waals surface area (Å²) >= 11 is 0. The first kappa shape index (κ1) is 14.2. The van der Waals surface area contributed by atoms with Crippen molar-refractivity contribution in [1.29, 1.82) is 0 Å². The summed E-state index contributed by atoms with van der Waals surface area (Å²) in [5.41, 5.74) is 3.76. The van der Waals surface area contributed by atoms with E-state index in [1.165, 1.54) is 0 Å². The van der Waals surface area contributed by atoms with E-state index >= 15 is 0 Å². The van der Waals surface area contributed by atoms with Gasteiger partial charge in [0.2, 0.25) is 0 Å². The highest BCUT2D eigenvalue weighted by molar-refractivity contribution is 5.89. The van der Waals surface area contributed by atoms with Crippen molar-refractivity contribution in [2.24, 2.45) is 0 Å². The molecule has 5 heteroatoms. The molecule has 0 bridgehead atoms. The lowest BCUT2D eigenvalue weighted by Crippen LogP contribution is -2.10. The summed E-state index contributed by atoms with van der Waals surface area (Å²) in [4.78, 5) is 11.7. The molecule has 116 valence electrons. The SMILES string of the molecule is C#CCC(c1ccccc1)n1cc(-c2ncnc3[nH]ccc23)cn1. The van der Waals surface area contributed by atoms with Crippen molar-refractivity contribution >= 4 is 11.0 Å². The van der Waals surface area contributed by atoms with Gasteiger partial charge in [0.05, 0.1) is 17.9 Å². The molecule has 4 rings (SSSR count). The summed E-state index contributed by atoms with van der Waals surface area (Å²) < 4.78 is 1.91. The van der Waals surface area contributed by atoms with E-state index in [1.807, 2.05) is 47.5 Å². The van der Waals surface area contributed by atoms with Gasteiger partial charge in [-0.25, -0.2) is 9.97 Å². The smallest absolute Gasteiger partial charge is 0.141 e. The first-order valence-electron chi connectivity index (χ1n) is 7.68. The Morgan fingerprint density at radius 3 is 2.88 bits per heavy atom. The second kappa shape index (κ2) is 6.01. The number of hydrogen-bond acceptors (Lipinski definition) is 3. The number of rotatable bonds is 4. The lowest BCUT2D eigenvalue weighted by molar-refractivity contribution is 0.534. The first-order chi connectivity index (χ1) is 11.9. The van der Waals surface area contributed by atoms with Gasteiger partial charge in [0.1, 0.15) is 12.0 Å². The fourth-order valence-electron chi connectivity index (χ4n) is 2.88. The maximum absolute atomic E-state index is 5.57. The van der Waals surface area contributed by atoms with Gasteiger partial charge < -0.3 is 4.98 Å². The summed E-state index contributed by atoms with van der Waals surface area (Å²) in [7, 11) is 0. The molecule has 1 atom stereocenters. The third-order valence-electron chi connectivity index (χ3n) is 4.04. The number of hydrogen-bond donors (Lipinski definition) is 1. The molecular weight excluding hydrogens is 298 g/mol. The van der Waals surface area contributed by atoms with Crippen molar-refractivity contribution < 1.29 is 0 Å². The van der Waals surface area contributed by atoms with E-state index in [9.17, 15) is 0 Å². The number of terminal acetylenes is 1. The second-order valence-electron chi connectivity index (χ2n) is 5.51. The number of nitrogens with one attached hydrogen (secondary N) is 1. The molecule has 0 amide bonds. The molecule has 1 aromatic carbocycles. The maximum Gasteiger partial charge on any atom is 0.141 e. The zero-order chi connectivity index (χ0) is 16.4. The molecule has 0 aliphatic rings. The molecule has 5 nitrogen and oxygen atoms in total. The normalized spacial score (nSPS) is 12.1. The van der Waals surface area contributed by atoms with Crippen LogP contribution in [0.3, 0.4) is 0 Å². The second-order valence-corrected chi connectivity index (χ2v) is 5.51. The molecule has 3 aromatic heterocycles. The number of H-pyrrole nitrogens is 1. The van der Waals surface area contributed by atoms with E-state index in [2.05, 4.69) is 38.1 Å². The Morgan fingerprint density at radius 2 is 2.04 bits per heavy atom. The van der Waals surface area contributed by atoms with Gasteiger partial charge in [-0.3, -0.25) is 4.68 Å². The molecule has 0 aliphatic heterocycles. The summed E-state index contributed by atoms with van der Waals surface area (Å²) in [6.07, 6.45) is 13.4. The number of aromatic nitrogens is 5. The van der Waals surface area contributed by atoms with E-state index in [1.54, 1.807) is 6.33 Å². The fraction of sp³-hybridized carbons (Fsp3) is 0.105. The average Bonchev–Trinajstić information content (AvgIpc) is 3.29. The Kier molecular flexibility index (Phi) is 3.56. The van der Waals surface area contributed by atoms with E-state index in [0.29, 0.717) is 6.42 Å². The standard InChI is InChI=1S/C19H15N5/c1-2-6-17(14-7-4-3-5-8-14)24-12-15(11-23-24)18-16-9-10-20-19(16)22-13-21-18/h1,3-5,7-13,17H,6H2,(H,20,21,22). The zero-order valence-corrected chi connectivity index (χ0v) is 12.9. The minimum atomic E-state index is 0.00787. The quantitative estimate of drug-likeness (QED) is 0.587. The molecule has 0 radical (unpaired) electrons. The van der Waals surface area contributed by atoms with Gasteiger partial charge in [-0.15, -0.1) is 12.3 Å². The van der Waals surface area contributed by atoms with Crippen LogP contribution < -0.4 is 0 Å². The molecule has 0 saturated carbocycles. The molecule has 0 spiro atoms. The summed E-state index contributed by atoms with van der Waals surface area (Å²) in [6.45, 7) is 0. The van der Waals surface area contributed by atoms with Gasteiger partial charge in [0.25, 0.3) is 0 Å². The maximum atomic E-state index is 5.57. The van der Waals surface area contributed by atoms with Gasteiger partial charge in [0.15, 0.2) is 0 Å². The average molecular weight is 313 g/mol. The van der Waals surface area contributed by atoms with Gasteiger partial charge in [0, 0.05) is 29.8 Å². The van der Waals surface area contributed by atoms with Crippen molar-refractivity contribution in [3.63, 3.8) is 0 Å². The number of aromatic amines is 1. The fourth-order valence-corrected chi connectivity index (χ4v) is 2.88. The van der Waals surface area contributed by atoms with Crippen molar-refractivity contribution in [1.82, 2.24) is 24.7 Å². The Hall–Kier alpha value is -3.39. The van der Waals surface area contributed by atoms with Crippen LogP contribution in [0.4, 0.5) is 0 Å². The lowest BCUT2D eigenvalue weighted by Gasteiger charge is -2.15. The van der Waals surface area contributed by atoms with Crippen LogP contribution in [0.15, 0.2) is 61.3 Å². The Labute approximate surface area is 139 Å². The molecule has 0 fully saturated rings. The largest absolute Gasteiger partial charge is 0.346 e. The molecule has 1 unspecified atom stereocenters. The molecule has 0 aliphatic carbocycles. The molecule has 1 N–H and O–H groups in total. The summed E-state index contributed by atoms with van der Waals surface area (Å²) in [6, 6.07) is 12.1. The van der Waals surface area contributed by atoms with Crippen molar-refractivity contribution in [3.8, 4) is 23.6 Å². The topological polar surface area (TPSA) is 59.4 Å². The van der Waals surface area contributed by atoms with Crippen LogP contribution in [0.2, 0.25) is 0 Å². The molecular formula is C19H15N5. The monoisotopic (exact) mass is 313 g/mol. The van der Waals surface area contributed by atoms with Gasteiger partial charge >= 0.3 is 0 Å². The molecule has 24 heavy (non-hydrogen) atoms. The number of nitrogens with zero attached hydrogens (tertiary/aromatic N) is 4. The predicted molar refractivity (Wildman–Crippen MR) is 93.1 cm³/mol. The highest BCUT2D eigenvalue weighted by Gasteiger charge is 2.16. The van der Waals surface area contributed by atoms with E-state index in [-0.39, 0.29) is 6.04 Å². The van der Waals surface area contributed by atoms with Crippen LogP contribution in [0.1, 0.15) is 18.0 Å². The number of fused-ring (bicyclic) bond motifs is 1. The van der Waals surface area contributed by atoms with Crippen LogP contribution in [0.5, 0.6) is 0 Å². The first-order valence-corrected chi connectivity index (χ1v) is 7.68. The van der Waals surface area contributed by atoms with E-state index in [0.717, 1.165) is 27.9 Å². The van der Waals surface area contributed by atoms with E-state index < -0.39 is 0 Å². The van der Waals surface area contributed by atoms with Crippen molar-refractivity contribution in [2.75, 3.05) is 0 Å². The number of benzene rings is 1. The summed E-state index contributed by atoms with van der Waals surface area (Å²) in [5, 5.41) is 5.51. The zero-order valence-electron chi connectivity index (χ0n) is 12.9. The minimum absolute atomic E-state index is 0.00787. The third-order valence-corrected chi connectivity index (χ3v) is 4.04. The Morgan fingerprint density at radius 1 is 1.17 bits per heavy atom. The molecule has 4 aromatic rings. The Balaban J connectivity index is 1.76. The lowest BCUT2D eigenvalue weighted by atomic mass is 10.0. The van der Waals surface area contributed by atoms with Crippen LogP contribution in [-0.2, 0) is 0 Å². The highest BCUT2D eigenvalue weighted by Crippen LogP contribution is 2.27. The van der Waals surface area contributed by atoms with Crippen LogP contribution in [0.25, 0.3) is 22.3 Å². The van der Waals surface area contributed by atoms with Crippen LogP contribution >= 0.6 is 0 Å². The van der Waals surface area contributed by atoms with E-state index in [4.69, 9.17) is 6.42 Å². The minimum Gasteiger partial charge on any atom is -0.346 e. The molecule has 3 heterocycles. The highest BCUT2D eigenvalue weighted by atomic mass is 15.3. The van der Waals surface area contributed by atoms with Gasteiger partial charge in [-0.1, -0.05) is 30.3 Å². The molecule has 0 saturated heterocycles. The predicted octanol–water partition coefficient (Wildman–Crippen LogP) is 3.43. The third kappa shape index (κ3) is 2.44. The van der Waals surface area contributed by atoms with Gasteiger partial charge in [-0.05, 0) is 11.6 Å². The summed E-state index contributed by atoms with van der Waals surface area (Å²) in [5.74, 6) is 2.75. The van der Waals surface area contributed by atoms with Crippen molar-refractivity contribution in [3.05, 3.63) is 66.9 Å². The van der Waals surface area contributed by atoms with Crippen molar-refractivity contribution in [2.45, 2.75) is 12.5 Å².